The summed E-state index contributed by atoms with van der Waals surface area (Å²) >= 11 is 5.88. The van der Waals surface area contributed by atoms with E-state index in [1.54, 1.807) is 18.2 Å². The van der Waals surface area contributed by atoms with Gasteiger partial charge in [0.25, 0.3) is 0 Å². The highest BCUT2D eigenvalue weighted by atomic mass is 35.5. The lowest BCUT2D eigenvalue weighted by Gasteiger charge is -2.37. The minimum atomic E-state index is -0.714. The molecule has 2 rings (SSSR count). The van der Waals surface area contributed by atoms with Crippen molar-refractivity contribution in [2.45, 2.75) is 25.7 Å². The van der Waals surface area contributed by atoms with Crippen LogP contribution in [0.25, 0.3) is 0 Å². The number of aliphatic hydroxyl groups is 1. The number of rotatable bonds is 1. The van der Waals surface area contributed by atoms with Crippen LogP contribution in [0.1, 0.15) is 25.5 Å². The standard InChI is InChI=1S/C11H13ClO3/c1-11(2)14-9-4-3-7(12)5-8(9)10(6-13)15-11/h3-5,10,13H,6H2,1-2H3. The molecule has 0 spiro atoms. The molecular formula is C11H13ClO3. The fourth-order valence-corrected chi connectivity index (χ4v) is 1.87. The first kappa shape index (κ1) is 10.7. The van der Waals surface area contributed by atoms with E-state index in [4.69, 9.17) is 21.1 Å². The van der Waals surface area contributed by atoms with Gasteiger partial charge < -0.3 is 14.6 Å². The number of hydrogen-bond acceptors (Lipinski definition) is 3. The van der Waals surface area contributed by atoms with Crippen LogP contribution in [0.2, 0.25) is 5.02 Å². The summed E-state index contributed by atoms with van der Waals surface area (Å²) in [6.07, 6.45) is -0.373. The Kier molecular flexibility index (Phi) is 2.63. The summed E-state index contributed by atoms with van der Waals surface area (Å²) in [5.74, 6) is 0.00325. The molecule has 0 fully saturated rings. The molecule has 0 amide bonds. The summed E-state index contributed by atoms with van der Waals surface area (Å²) in [5.41, 5.74) is 0.796. The molecular weight excluding hydrogens is 216 g/mol. The van der Waals surface area contributed by atoms with Gasteiger partial charge in [-0.3, -0.25) is 0 Å². The average molecular weight is 229 g/mol. The van der Waals surface area contributed by atoms with Gasteiger partial charge in [-0.15, -0.1) is 0 Å². The van der Waals surface area contributed by atoms with Gasteiger partial charge in [0.15, 0.2) is 0 Å². The SMILES string of the molecule is CC1(C)Oc2ccc(Cl)cc2C(CO)O1. The maximum Gasteiger partial charge on any atom is 0.205 e. The number of halogens is 1. The molecule has 4 heteroatoms. The number of ether oxygens (including phenoxy) is 2. The Labute approximate surface area is 93.6 Å². The van der Waals surface area contributed by atoms with Crippen molar-refractivity contribution in [1.82, 2.24) is 0 Å². The van der Waals surface area contributed by atoms with Gasteiger partial charge in [-0.2, -0.15) is 0 Å². The van der Waals surface area contributed by atoms with Crippen LogP contribution in [0.4, 0.5) is 0 Å². The van der Waals surface area contributed by atoms with E-state index in [0.29, 0.717) is 5.02 Å². The molecule has 0 saturated heterocycles. The molecule has 1 aromatic rings. The summed E-state index contributed by atoms with van der Waals surface area (Å²) in [5, 5.41) is 9.85. The van der Waals surface area contributed by atoms with E-state index in [9.17, 15) is 5.11 Å². The molecule has 1 heterocycles. The van der Waals surface area contributed by atoms with Crippen LogP contribution in [0, 0.1) is 0 Å². The Morgan fingerprint density at radius 1 is 1.47 bits per heavy atom. The topological polar surface area (TPSA) is 38.7 Å². The van der Waals surface area contributed by atoms with E-state index in [2.05, 4.69) is 0 Å². The van der Waals surface area contributed by atoms with Crippen LogP contribution >= 0.6 is 11.6 Å². The molecule has 1 N–H and O–H groups in total. The van der Waals surface area contributed by atoms with E-state index in [-0.39, 0.29) is 12.7 Å². The minimum absolute atomic E-state index is 0.0832. The Balaban J connectivity index is 2.44. The first-order valence-corrected chi connectivity index (χ1v) is 5.17. The van der Waals surface area contributed by atoms with Crippen molar-refractivity contribution in [3.8, 4) is 5.75 Å². The molecule has 0 radical (unpaired) electrons. The highest BCUT2D eigenvalue weighted by Gasteiger charge is 2.33. The summed E-state index contributed by atoms with van der Waals surface area (Å²) in [7, 11) is 0. The van der Waals surface area contributed by atoms with Gasteiger partial charge in [0, 0.05) is 24.4 Å². The van der Waals surface area contributed by atoms with Crippen molar-refractivity contribution in [1.29, 1.82) is 0 Å². The molecule has 1 unspecified atom stereocenters. The van der Waals surface area contributed by atoms with Crippen LogP contribution in [0.15, 0.2) is 18.2 Å². The number of benzene rings is 1. The first-order valence-electron chi connectivity index (χ1n) is 4.79. The highest BCUT2D eigenvalue weighted by Crippen LogP contribution is 2.39. The van der Waals surface area contributed by atoms with Crippen LogP contribution < -0.4 is 4.74 Å². The fraction of sp³-hybridized carbons (Fsp3) is 0.455. The Bertz CT molecular complexity index is 376. The van der Waals surface area contributed by atoms with Gasteiger partial charge in [0.1, 0.15) is 11.9 Å². The summed E-state index contributed by atoms with van der Waals surface area (Å²) in [6, 6.07) is 5.31. The summed E-state index contributed by atoms with van der Waals surface area (Å²) in [6.45, 7) is 3.54. The molecule has 1 aliphatic rings. The normalized spacial score (nSPS) is 23.1. The molecule has 82 valence electrons. The van der Waals surface area contributed by atoms with Crippen LogP contribution in [0.3, 0.4) is 0 Å². The lowest BCUT2D eigenvalue weighted by atomic mass is 10.1. The quantitative estimate of drug-likeness (QED) is 0.803. The highest BCUT2D eigenvalue weighted by molar-refractivity contribution is 6.30. The van der Waals surface area contributed by atoms with Crippen LogP contribution in [0.5, 0.6) is 5.75 Å². The van der Waals surface area contributed by atoms with Gasteiger partial charge in [-0.25, -0.2) is 0 Å². The van der Waals surface area contributed by atoms with Crippen LogP contribution in [-0.4, -0.2) is 17.5 Å². The second-order valence-corrected chi connectivity index (χ2v) is 4.41. The molecule has 15 heavy (non-hydrogen) atoms. The predicted molar refractivity (Wildman–Crippen MR) is 57.1 cm³/mol. The monoisotopic (exact) mass is 228 g/mol. The molecule has 1 aliphatic heterocycles. The van der Waals surface area contributed by atoms with Crippen molar-refractivity contribution >= 4 is 11.6 Å². The van der Waals surface area contributed by atoms with E-state index < -0.39 is 5.79 Å². The lowest BCUT2D eigenvalue weighted by molar-refractivity contribution is -0.214. The van der Waals surface area contributed by atoms with Gasteiger partial charge >= 0.3 is 0 Å². The zero-order valence-corrected chi connectivity index (χ0v) is 9.41. The smallest absolute Gasteiger partial charge is 0.205 e. The minimum Gasteiger partial charge on any atom is -0.463 e. The average Bonchev–Trinajstić information content (AvgIpc) is 2.16. The largest absolute Gasteiger partial charge is 0.463 e. The van der Waals surface area contributed by atoms with Crippen molar-refractivity contribution in [3.05, 3.63) is 28.8 Å². The lowest BCUT2D eigenvalue weighted by Crippen LogP contribution is -2.38. The Morgan fingerprint density at radius 3 is 2.87 bits per heavy atom. The molecule has 0 aromatic heterocycles. The fourth-order valence-electron chi connectivity index (χ4n) is 1.69. The Hall–Kier alpha value is -0.770. The number of fused-ring (bicyclic) bond motifs is 1. The third kappa shape index (κ3) is 2.09. The van der Waals surface area contributed by atoms with Gasteiger partial charge in [-0.1, -0.05) is 11.6 Å². The third-order valence-corrected chi connectivity index (χ3v) is 2.50. The van der Waals surface area contributed by atoms with Crippen molar-refractivity contribution in [3.63, 3.8) is 0 Å². The number of hydrogen-bond donors (Lipinski definition) is 1. The third-order valence-electron chi connectivity index (χ3n) is 2.27. The van der Waals surface area contributed by atoms with E-state index in [1.165, 1.54) is 0 Å². The maximum absolute atomic E-state index is 9.24. The van der Waals surface area contributed by atoms with E-state index in [0.717, 1.165) is 11.3 Å². The molecule has 0 bridgehead atoms. The second kappa shape index (κ2) is 3.67. The number of aliphatic hydroxyl groups excluding tert-OH is 1. The van der Waals surface area contributed by atoms with Crippen molar-refractivity contribution in [2.24, 2.45) is 0 Å². The molecule has 1 aromatic carbocycles. The predicted octanol–water partition coefficient (Wildman–Crippen LogP) is 2.52. The maximum atomic E-state index is 9.24. The van der Waals surface area contributed by atoms with E-state index in [1.807, 2.05) is 13.8 Å². The summed E-state index contributed by atoms with van der Waals surface area (Å²) in [4.78, 5) is 0. The van der Waals surface area contributed by atoms with Gasteiger partial charge in [0.05, 0.1) is 6.61 Å². The molecule has 0 saturated carbocycles. The molecule has 1 atom stereocenters. The van der Waals surface area contributed by atoms with Crippen molar-refractivity contribution < 1.29 is 14.6 Å². The van der Waals surface area contributed by atoms with E-state index >= 15 is 0 Å². The van der Waals surface area contributed by atoms with Crippen LogP contribution in [-0.2, 0) is 4.74 Å². The zero-order chi connectivity index (χ0) is 11.1. The van der Waals surface area contributed by atoms with Crippen molar-refractivity contribution in [2.75, 3.05) is 6.61 Å². The van der Waals surface area contributed by atoms with Gasteiger partial charge in [-0.05, 0) is 18.2 Å². The molecule has 0 aliphatic carbocycles. The first-order chi connectivity index (χ1) is 7.02. The van der Waals surface area contributed by atoms with Gasteiger partial charge in [0.2, 0.25) is 5.79 Å². The zero-order valence-electron chi connectivity index (χ0n) is 8.66. The second-order valence-electron chi connectivity index (χ2n) is 3.97. The Morgan fingerprint density at radius 2 is 2.20 bits per heavy atom. The molecule has 3 nitrogen and oxygen atoms in total. The summed E-state index contributed by atoms with van der Waals surface area (Å²) < 4.78 is 11.2.